The number of fused-ring (bicyclic) bond motifs is 1. The van der Waals surface area contributed by atoms with Crippen molar-refractivity contribution in [2.75, 3.05) is 0 Å². The van der Waals surface area contributed by atoms with Gasteiger partial charge in [-0.2, -0.15) is 0 Å². The van der Waals surface area contributed by atoms with E-state index in [0.717, 1.165) is 0 Å². The minimum atomic E-state index is -0.197. The van der Waals surface area contributed by atoms with Gasteiger partial charge in [0.05, 0.1) is 0 Å². The van der Waals surface area contributed by atoms with Crippen LogP contribution in [-0.2, 0) is 7.05 Å². The highest BCUT2D eigenvalue weighted by Gasteiger charge is 2.01. The Kier molecular flexibility index (Phi) is 1.03. The highest BCUT2D eigenvalue weighted by molar-refractivity contribution is 5.29. The first-order valence-corrected chi connectivity index (χ1v) is 3.00. The van der Waals surface area contributed by atoms with Crippen molar-refractivity contribution in [3.8, 4) is 0 Å². The number of aryl methyl sites for hydroxylation is 1. The van der Waals surface area contributed by atoms with Crippen molar-refractivity contribution in [1.82, 2.24) is 24.4 Å². The van der Waals surface area contributed by atoms with Crippen molar-refractivity contribution in [3.63, 3.8) is 0 Å². The Morgan fingerprint density at radius 1 is 1.45 bits per heavy atom. The summed E-state index contributed by atoms with van der Waals surface area (Å²) >= 11 is 0. The van der Waals surface area contributed by atoms with Crippen LogP contribution in [0.5, 0.6) is 0 Å². The summed E-state index contributed by atoms with van der Waals surface area (Å²) < 4.78 is 2.55. The largest absolute Gasteiger partial charge is 0.298 e. The summed E-state index contributed by atoms with van der Waals surface area (Å²) in [6.07, 6.45) is 2.69. The fraction of sp³-hybridized carbons (Fsp3) is 0.200. The van der Waals surface area contributed by atoms with E-state index in [1.54, 1.807) is 7.05 Å². The van der Waals surface area contributed by atoms with Gasteiger partial charge in [0.2, 0.25) is 5.65 Å². The van der Waals surface area contributed by atoms with Gasteiger partial charge in [-0.3, -0.25) is 9.36 Å². The number of rotatable bonds is 0. The second kappa shape index (κ2) is 1.88. The predicted octanol–water partition coefficient (Wildman–Crippen LogP) is -1.18. The maximum atomic E-state index is 11.2. The molecule has 0 N–H and O–H groups in total. The summed E-state index contributed by atoms with van der Waals surface area (Å²) in [7, 11) is 1.62. The molecule has 2 rings (SSSR count). The predicted molar refractivity (Wildman–Crippen MR) is 36.0 cm³/mol. The molecule has 0 unspecified atom stereocenters. The molecule has 0 spiro atoms. The summed E-state index contributed by atoms with van der Waals surface area (Å²) in [6.45, 7) is 0. The van der Waals surface area contributed by atoms with Crippen LogP contribution in [0.2, 0.25) is 0 Å². The fourth-order valence-electron chi connectivity index (χ4n) is 0.798. The molecule has 0 aliphatic rings. The van der Waals surface area contributed by atoms with E-state index < -0.39 is 0 Å². The molecule has 0 radical (unpaired) electrons. The Morgan fingerprint density at radius 2 is 2.27 bits per heavy atom. The molecule has 2 heterocycles. The van der Waals surface area contributed by atoms with Crippen LogP contribution >= 0.6 is 0 Å². The van der Waals surface area contributed by atoms with Gasteiger partial charge in [0.25, 0.3) is 5.56 Å². The lowest BCUT2D eigenvalue weighted by Gasteiger charge is -1.92. The van der Waals surface area contributed by atoms with Gasteiger partial charge in [0.15, 0.2) is 0 Å². The van der Waals surface area contributed by atoms with Gasteiger partial charge >= 0.3 is 0 Å². The number of hydrogen-bond donors (Lipinski definition) is 0. The van der Waals surface area contributed by atoms with Crippen LogP contribution in [0.15, 0.2) is 17.4 Å². The summed E-state index contributed by atoms with van der Waals surface area (Å²) in [4.78, 5) is 14.9. The van der Waals surface area contributed by atoms with Crippen LogP contribution in [0.25, 0.3) is 5.65 Å². The molecule has 0 saturated carbocycles. The third kappa shape index (κ3) is 0.721. The van der Waals surface area contributed by atoms with Crippen molar-refractivity contribution < 1.29 is 0 Å². The Balaban J connectivity index is 3.05. The summed E-state index contributed by atoms with van der Waals surface area (Å²) in [6, 6.07) is 0. The minimum absolute atomic E-state index is 0.197. The van der Waals surface area contributed by atoms with Gasteiger partial charge in [-0.25, -0.2) is 4.98 Å². The Morgan fingerprint density at radius 3 is 3.09 bits per heavy atom. The standard InChI is InChI=1S/C5H5N5O/c1-9-3-8-10-4(5(9)11)6-2-7-10/h2-3H,1H3. The average Bonchev–Trinajstić information content (AvgIpc) is 2.45. The smallest absolute Gasteiger partial charge is 0.298 e. The molecule has 0 atom stereocenters. The molecule has 56 valence electrons. The van der Waals surface area contributed by atoms with E-state index in [1.165, 1.54) is 21.9 Å². The van der Waals surface area contributed by atoms with E-state index >= 15 is 0 Å². The van der Waals surface area contributed by atoms with Gasteiger partial charge in [-0.1, -0.05) is 0 Å². The Hall–Kier alpha value is -1.72. The van der Waals surface area contributed by atoms with Crippen molar-refractivity contribution in [1.29, 1.82) is 0 Å². The van der Waals surface area contributed by atoms with E-state index in [9.17, 15) is 4.79 Å². The zero-order valence-corrected chi connectivity index (χ0v) is 5.80. The van der Waals surface area contributed by atoms with Gasteiger partial charge in [0, 0.05) is 7.05 Å². The van der Waals surface area contributed by atoms with E-state index in [4.69, 9.17) is 0 Å². The lowest BCUT2D eigenvalue weighted by atomic mass is 10.7. The number of nitrogens with zero attached hydrogens (tertiary/aromatic N) is 5. The molecule has 6 heteroatoms. The molecule has 2 aromatic rings. The summed E-state index contributed by atoms with van der Waals surface area (Å²) in [5.41, 5.74) is 0.0486. The highest BCUT2D eigenvalue weighted by atomic mass is 16.1. The van der Waals surface area contributed by atoms with Crippen molar-refractivity contribution in [2.45, 2.75) is 0 Å². The molecule has 0 aliphatic heterocycles. The first-order chi connectivity index (χ1) is 5.29. The molecule has 0 aromatic carbocycles. The first kappa shape index (κ1) is 6.02. The van der Waals surface area contributed by atoms with Crippen LogP contribution in [0.4, 0.5) is 0 Å². The number of aromatic nitrogens is 5. The molecule has 0 saturated heterocycles. The monoisotopic (exact) mass is 151 g/mol. The molecular formula is C5H5N5O. The van der Waals surface area contributed by atoms with E-state index in [-0.39, 0.29) is 11.2 Å². The van der Waals surface area contributed by atoms with Crippen LogP contribution in [0.1, 0.15) is 0 Å². The molecule has 6 nitrogen and oxygen atoms in total. The normalized spacial score (nSPS) is 10.6. The maximum Gasteiger partial charge on any atom is 0.298 e. The first-order valence-electron chi connectivity index (χ1n) is 3.00. The lowest BCUT2D eigenvalue weighted by molar-refractivity contribution is 0.710. The second-order valence-electron chi connectivity index (χ2n) is 2.12. The molecule has 2 aromatic heterocycles. The highest BCUT2D eigenvalue weighted by Crippen LogP contribution is 1.82. The zero-order chi connectivity index (χ0) is 7.84. The maximum absolute atomic E-state index is 11.2. The van der Waals surface area contributed by atoms with Crippen molar-refractivity contribution in [3.05, 3.63) is 23.0 Å². The lowest BCUT2D eigenvalue weighted by Crippen LogP contribution is -2.20. The van der Waals surface area contributed by atoms with Gasteiger partial charge in [-0.05, 0) is 0 Å². The van der Waals surface area contributed by atoms with Crippen LogP contribution in [0.3, 0.4) is 0 Å². The molecular weight excluding hydrogens is 146 g/mol. The second-order valence-corrected chi connectivity index (χ2v) is 2.12. The average molecular weight is 151 g/mol. The third-order valence-corrected chi connectivity index (χ3v) is 1.38. The quantitative estimate of drug-likeness (QED) is 0.475. The number of hydrogen-bond acceptors (Lipinski definition) is 4. The molecule has 0 amide bonds. The Bertz CT molecular complexity index is 441. The van der Waals surface area contributed by atoms with Crippen LogP contribution in [0, 0.1) is 0 Å². The summed E-state index contributed by atoms with van der Waals surface area (Å²) in [5, 5.41) is 7.51. The topological polar surface area (TPSA) is 65.1 Å². The van der Waals surface area contributed by atoms with Gasteiger partial charge in [0.1, 0.15) is 12.7 Å². The summed E-state index contributed by atoms with van der Waals surface area (Å²) in [5.74, 6) is 0. The van der Waals surface area contributed by atoms with E-state index in [0.29, 0.717) is 0 Å². The molecule has 0 aliphatic carbocycles. The SMILES string of the molecule is Cn1cnn2ncnc2c1=O. The fourth-order valence-corrected chi connectivity index (χ4v) is 0.798. The Labute approximate surface area is 61.1 Å². The van der Waals surface area contributed by atoms with Gasteiger partial charge in [-0.15, -0.1) is 14.8 Å². The molecule has 0 bridgehead atoms. The van der Waals surface area contributed by atoms with Crippen molar-refractivity contribution in [2.24, 2.45) is 7.05 Å². The minimum Gasteiger partial charge on any atom is -0.298 e. The molecule has 11 heavy (non-hydrogen) atoms. The zero-order valence-electron chi connectivity index (χ0n) is 5.80. The van der Waals surface area contributed by atoms with Crippen molar-refractivity contribution >= 4 is 5.65 Å². The molecule has 0 fully saturated rings. The van der Waals surface area contributed by atoms with Gasteiger partial charge < -0.3 is 0 Å². The third-order valence-electron chi connectivity index (χ3n) is 1.38. The van der Waals surface area contributed by atoms with E-state index in [2.05, 4.69) is 15.2 Å². The van der Waals surface area contributed by atoms with Crippen LogP contribution < -0.4 is 5.56 Å². The van der Waals surface area contributed by atoms with Crippen LogP contribution in [-0.4, -0.2) is 24.4 Å². The van der Waals surface area contributed by atoms with E-state index in [1.807, 2.05) is 0 Å².